The number of aromatic nitrogens is 2. The molecule has 0 aliphatic rings. The summed E-state index contributed by atoms with van der Waals surface area (Å²) in [5.41, 5.74) is 13.9. The molecule has 96 heavy (non-hydrogen) atoms. The highest BCUT2D eigenvalue weighted by Gasteiger charge is 2.43. The van der Waals surface area contributed by atoms with Crippen LogP contribution in [-0.2, 0) is 0 Å². The maximum Gasteiger partial charge on any atom is 0.179 e. The Hall–Kier alpha value is -11.9. The Bertz CT molecular complexity index is 5070. The molecule has 454 valence electrons. The number of anilines is 3. The molecule has 0 bridgehead atoms. The van der Waals surface area contributed by atoms with Crippen molar-refractivity contribution >= 4 is 118 Å². The van der Waals surface area contributed by atoms with Crippen LogP contribution in [0.25, 0.3) is 77.2 Å². The van der Waals surface area contributed by atoms with Crippen LogP contribution >= 0.6 is 0 Å². The lowest BCUT2D eigenvalue weighted by atomic mass is 10.1. The molecule has 0 aliphatic carbocycles. The minimum atomic E-state index is -2.98. The molecular weight excluding hydrogens is 1200 g/mol. The van der Waals surface area contributed by atoms with E-state index in [4.69, 9.17) is 0 Å². The molecule has 0 aliphatic heterocycles. The third-order valence-electron chi connectivity index (χ3n) is 19.7. The topological polar surface area (TPSA) is 13.1 Å². The first-order chi connectivity index (χ1) is 47.5. The number of benzene rings is 15. The molecule has 2 heterocycles. The fraction of sp³-hybridized carbons (Fsp3) is 0. The SMILES string of the molecule is Fc1ccc(N(c2ccc3c(c2)c2cc([Si](c4ccccc4)(c4ccccc4)c4ccccc4)ccc2n3-c2ccc(-c3ccccc3)cc2)c2ccc3c(c2)c2cc([Si](c4ccccc4)(c4ccccc4)c4ccccc4)ccc2n3-c2ccc(-c3ccccc3)cc2)cc1. The van der Waals surface area contributed by atoms with E-state index >= 15 is 4.39 Å². The monoisotopic (exact) mass is 1260 g/mol. The molecule has 0 spiro atoms. The molecule has 0 atom stereocenters. The Kier molecular flexibility index (Phi) is 14.8. The summed E-state index contributed by atoms with van der Waals surface area (Å²) in [4.78, 5) is 2.32. The zero-order valence-corrected chi connectivity index (χ0v) is 54.7. The Morgan fingerprint density at radius 2 is 0.458 bits per heavy atom. The van der Waals surface area contributed by atoms with Gasteiger partial charge >= 0.3 is 0 Å². The largest absolute Gasteiger partial charge is 0.310 e. The van der Waals surface area contributed by atoms with E-state index in [1.807, 2.05) is 12.1 Å². The van der Waals surface area contributed by atoms with Crippen molar-refractivity contribution in [2.24, 2.45) is 0 Å². The minimum absolute atomic E-state index is 0.293. The Labute approximate surface area is 560 Å². The highest BCUT2D eigenvalue weighted by atomic mass is 28.3. The molecule has 0 radical (unpaired) electrons. The van der Waals surface area contributed by atoms with E-state index < -0.39 is 16.1 Å². The minimum Gasteiger partial charge on any atom is -0.310 e. The van der Waals surface area contributed by atoms with E-state index in [1.165, 1.54) is 52.6 Å². The summed E-state index contributed by atoms with van der Waals surface area (Å²) < 4.78 is 20.3. The zero-order valence-electron chi connectivity index (χ0n) is 52.7. The molecule has 2 aromatic heterocycles. The summed E-state index contributed by atoms with van der Waals surface area (Å²) in [5, 5.41) is 14.9. The third-order valence-corrected chi connectivity index (χ3v) is 29.2. The summed E-state index contributed by atoms with van der Waals surface area (Å²) in [6, 6.07) is 142. The van der Waals surface area contributed by atoms with Gasteiger partial charge in [0.25, 0.3) is 0 Å². The normalized spacial score (nSPS) is 11.8. The maximum absolute atomic E-state index is 15.5. The highest BCUT2D eigenvalue weighted by Crippen LogP contribution is 2.43. The van der Waals surface area contributed by atoms with Crippen molar-refractivity contribution < 1.29 is 4.39 Å². The van der Waals surface area contributed by atoms with Crippen molar-refractivity contribution in [3.05, 3.63) is 394 Å². The zero-order chi connectivity index (χ0) is 64.0. The lowest BCUT2D eigenvalue weighted by Gasteiger charge is -2.34. The Balaban J connectivity index is 0.918. The quantitative estimate of drug-likeness (QED) is 0.0736. The molecule has 15 aromatic carbocycles. The van der Waals surface area contributed by atoms with Gasteiger partial charge < -0.3 is 14.0 Å². The van der Waals surface area contributed by atoms with Crippen molar-refractivity contribution in [3.8, 4) is 33.6 Å². The predicted molar refractivity (Wildman–Crippen MR) is 408 cm³/mol. The van der Waals surface area contributed by atoms with Gasteiger partial charge in [-0.05, 0) is 161 Å². The lowest BCUT2D eigenvalue weighted by molar-refractivity contribution is 0.628. The van der Waals surface area contributed by atoms with Crippen LogP contribution in [0.1, 0.15) is 0 Å². The second-order valence-corrected chi connectivity index (χ2v) is 32.5. The van der Waals surface area contributed by atoms with E-state index in [2.05, 4.69) is 378 Å². The molecule has 17 rings (SSSR count). The summed E-state index contributed by atoms with van der Waals surface area (Å²) in [5.74, 6) is -0.293. The van der Waals surface area contributed by atoms with Gasteiger partial charge in [-0.25, -0.2) is 4.39 Å². The first-order valence-corrected chi connectivity index (χ1v) is 36.9. The average Bonchev–Trinajstić information content (AvgIpc) is 1.47. The molecule has 17 aromatic rings. The van der Waals surface area contributed by atoms with Crippen molar-refractivity contribution in [1.82, 2.24) is 9.13 Å². The van der Waals surface area contributed by atoms with E-state index in [1.54, 1.807) is 12.1 Å². The number of hydrogen-bond donors (Lipinski definition) is 0. The van der Waals surface area contributed by atoms with Crippen LogP contribution in [0.5, 0.6) is 0 Å². The van der Waals surface area contributed by atoms with E-state index in [0.29, 0.717) is 0 Å². The summed E-state index contributed by atoms with van der Waals surface area (Å²) >= 11 is 0. The molecule has 0 saturated carbocycles. The van der Waals surface area contributed by atoms with Gasteiger partial charge in [-0.3, -0.25) is 0 Å². The predicted octanol–water partition coefficient (Wildman–Crippen LogP) is 17.6. The van der Waals surface area contributed by atoms with Crippen LogP contribution in [0, 0.1) is 5.82 Å². The second-order valence-electron chi connectivity index (χ2n) is 24.9. The van der Waals surface area contributed by atoms with E-state index in [0.717, 1.165) is 83.2 Å². The van der Waals surface area contributed by atoms with Crippen molar-refractivity contribution in [1.29, 1.82) is 0 Å². The number of fused-ring (bicyclic) bond motifs is 6. The van der Waals surface area contributed by atoms with Gasteiger partial charge in [-0.15, -0.1) is 0 Å². The van der Waals surface area contributed by atoms with Gasteiger partial charge in [0, 0.05) is 50.0 Å². The maximum atomic E-state index is 15.5. The van der Waals surface area contributed by atoms with Crippen LogP contribution in [0.4, 0.5) is 21.5 Å². The standard InChI is InChI=1S/C90H64FN3Si2/c91-69-45-51-70(52-46-69)92(73-53-57-87-83(61-73)85-63-81(55-59-89(85)93(87)71-47-41-67(42-48-71)65-25-9-1-10-26-65)95(75-29-13-3-14-30-75,76-31-15-4-16-32-76)77-33-17-5-18-34-77)74-54-58-88-84(62-74)86-64-82(56-60-90(86)94(88)72-49-43-68(44-50-72)66-27-11-2-12-28-66)96(78-35-19-6-20-36-78,79-37-21-7-22-38-79)80-39-23-8-24-40-80/h1-64H. The average molecular weight is 1260 g/mol. The van der Waals surface area contributed by atoms with Gasteiger partial charge in [0.2, 0.25) is 0 Å². The van der Waals surface area contributed by atoms with Crippen LogP contribution in [0.3, 0.4) is 0 Å². The Morgan fingerprint density at radius 1 is 0.208 bits per heavy atom. The molecule has 6 heteroatoms. The van der Waals surface area contributed by atoms with E-state index in [9.17, 15) is 0 Å². The molecule has 0 unspecified atom stereocenters. The van der Waals surface area contributed by atoms with Crippen LogP contribution in [0.15, 0.2) is 388 Å². The molecular formula is C90H64FN3Si2. The number of nitrogens with zero attached hydrogens (tertiary/aromatic N) is 3. The van der Waals surface area contributed by atoms with Crippen LogP contribution in [0.2, 0.25) is 0 Å². The van der Waals surface area contributed by atoms with E-state index in [-0.39, 0.29) is 5.82 Å². The second kappa shape index (κ2) is 24.5. The number of hydrogen-bond acceptors (Lipinski definition) is 1. The highest BCUT2D eigenvalue weighted by molar-refractivity contribution is 7.20. The molecule has 0 saturated heterocycles. The number of rotatable bonds is 15. The number of halogens is 1. The van der Waals surface area contributed by atoms with Gasteiger partial charge in [-0.2, -0.15) is 0 Å². The van der Waals surface area contributed by atoms with Crippen molar-refractivity contribution in [2.45, 2.75) is 0 Å². The first kappa shape index (κ1) is 57.9. The third kappa shape index (κ3) is 9.84. The molecule has 0 N–H and O–H groups in total. The van der Waals surface area contributed by atoms with Crippen LogP contribution < -0.4 is 46.4 Å². The summed E-state index contributed by atoms with van der Waals surface area (Å²) in [6.45, 7) is 0. The van der Waals surface area contributed by atoms with Crippen molar-refractivity contribution in [3.63, 3.8) is 0 Å². The summed E-state index contributed by atoms with van der Waals surface area (Å²) in [6.07, 6.45) is 0. The fourth-order valence-corrected chi connectivity index (χ4v) is 24.9. The summed E-state index contributed by atoms with van der Waals surface area (Å²) in [7, 11) is -5.97. The first-order valence-electron chi connectivity index (χ1n) is 32.9. The van der Waals surface area contributed by atoms with Crippen molar-refractivity contribution in [2.75, 3.05) is 4.90 Å². The van der Waals surface area contributed by atoms with Crippen LogP contribution in [-0.4, -0.2) is 25.3 Å². The van der Waals surface area contributed by atoms with Gasteiger partial charge in [0.15, 0.2) is 16.1 Å². The smallest absolute Gasteiger partial charge is 0.179 e. The fourth-order valence-electron chi connectivity index (χ4n) is 15.4. The molecule has 3 nitrogen and oxygen atoms in total. The van der Waals surface area contributed by atoms with Gasteiger partial charge in [-0.1, -0.05) is 291 Å². The van der Waals surface area contributed by atoms with Gasteiger partial charge in [0.1, 0.15) is 5.82 Å². The van der Waals surface area contributed by atoms with Gasteiger partial charge in [0.05, 0.1) is 22.1 Å². The lowest BCUT2D eigenvalue weighted by Crippen LogP contribution is -2.74. The molecule has 0 fully saturated rings. The molecule has 0 amide bonds. The Morgan fingerprint density at radius 3 is 0.760 bits per heavy atom.